The van der Waals surface area contributed by atoms with Crippen LogP contribution in [0.3, 0.4) is 0 Å². The largest absolute Gasteiger partial charge is 0.457 e. The Morgan fingerprint density at radius 1 is 1.05 bits per heavy atom. The predicted octanol–water partition coefficient (Wildman–Crippen LogP) is 4.75. The van der Waals surface area contributed by atoms with E-state index in [1.807, 2.05) is 68.8 Å². The van der Waals surface area contributed by atoms with E-state index in [0.717, 1.165) is 46.7 Å². The van der Waals surface area contributed by atoms with E-state index in [0.29, 0.717) is 29.3 Å². The lowest BCUT2D eigenvalue weighted by molar-refractivity contribution is 0.0263. The number of nitrogens with zero attached hydrogens (tertiary/aromatic N) is 7. The highest BCUT2D eigenvalue weighted by Gasteiger charge is 2.34. The summed E-state index contributed by atoms with van der Waals surface area (Å²) in [5.74, 6) is 2.89. The van der Waals surface area contributed by atoms with Crippen LogP contribution in [0.25, 0.3) is 22.1 Å². The van der Waals surface area contributed by atoms with Gasteiger partial charge in [-0.15, -0.1) is 0 Å². The third-order valence-corrected chi connectivity index (χ3v) is 7.20. The van der Waals surface area contributed by atoms with E-state index in [1.165, 1.54) is 6.33 Å². The summed E-state index contributed by atoms with van der Waals surface area (Å²) in [6.07, 6.45) is 5.92. The van der Waals surface area contributed by atoms with Crippen molar-refractivity contribution < 1.29 is 9.84 Å². The van der Waals surface area contributed by atoms with E-state index in [1.54, 1.807) is 12.5 Å². The Bertz CT molecular complexity index is 1640. The zero-order chi connectivity index (χ0) is 26.4. The first-order chi connectivity index (χ1) is 18.2. The first kappa shape index (κ1) is 24.1. The fourth-order valence-electron chi connectivity index (χ4n) is 4.89. The van der Waals surface area contributed by atoms with Crippen molar-refractivity contribution in [2.75, 3.05) is 23.3 Å². The number of hydrogen-bond acceptors (Lipinski definition) is 9. The first-order valence-electron chi connectivity index (χ1n) is 12.7. The molecule has 1 aliphatic rings. The SMILES string of the molecule is Cc1cc(Nc2ncnc3cnc(N4CC[C@@H](C(C)(C)O)C4)nc23)ccc1Oc1ccc2c(c1)ncn2C. The second-order valence-corrected chi connectivity index (χ2v) is 10.4. The minimum Gasteiger partial charge on any atom is -0.457 e. The summed E-state index contributed by atoms with van der Waals surface area (Å²) in [7, 11) is 1.97. The van der Waals surface area contributed by atoms with Gasteiger partial charge in [-0.3, -0.25) is 0 Å². The Morgan fingerprint density at radius 2 is 1.92 bits per heavy atom. The van der Waals surface area contributed by atoms with Crippen LogP contribution in [-0.2, 0) is 7.05 Å². The molecule has 1 saturated heterocycles. The number of aryl methyl sites for hydroxylation is 2. The van der Waals surface area contributed by atoms with E-state index in [9.17, 15) is 5.11 Å². The molecule has 10 nitrogen and oxygen atoms in total. The van der Waals surface area contributed by atoms with Crippen LogP contribution in [0.15, 0.2) is 55.2 Å². The normalized spacial score (nSPS) is 15.9. The zero-order valence-electron chi connectivity index (χ0n) is 21.9. The second kappa shape index (κ2) is 9.21. The second-order valence-electron chi connectivity index (χ2n) is 10.4. The van der Waals surface area contributed by atoms with Crippen molar-refractivity contribution in [3.63, 3.8) is 0 Å². The van der Waals surface area contributed by atoms with Crippen LogP contribution in [0.5, 0.6) is 11.5 Å². The molecule has 194 valence electrons. The molecule has 2 N–H and O–H groups in total. The minimum atomic E-state index is -0.736. The van der Waals surface area contributed by atoms with Gasteiger partial charge in [0.15, 0.2) is 5.82 Å². The Kier molecular flexibility index (Phi) is 5.83. The maximum absolute atomic E-state index is 10.4. The van der Waals surface area contributed by atoms with Crippen molar-refractivity contribution in [2.45, 2.75) is 32.8 Å². The molecule has 0 radical (unpaired) electrons. The lowest BCUT2D eigenvalue weighted by Crippen LogP contribution is -2.33. The smallest absolute Gasteiger partial charge is 0.226 e. The standard InChI is InChI=1S/C28H30N8O2/c1-17-11-19(5-8-24(17)38-20-6-7-23-21(12-20)32-16-35(23)4)33-26-25-22(30-15-31-26)13-29-27(34-25)36-10-9-18(14-36)28(2,3)37/h5-8,11-13,15-16,18,37H,9-10,14H2,1-4H3,(H,30,31,33)/t18-/m1/s1. The van der Waals surface area contributed by atoms with Crippen molar-refractivity contribution in [2.24, 2.45) is 13.0 Å². The van der Waals surface area contributed by atoms with Gasteiger partial charge in [-0.1, -0.05) is 0 Å². The molecule has 10 heteroatoms. The lowest BCUT2D eigenvalue weighted by Gasteiger charge is -2.25. The average molecular weight is 511 g/mol. The zero-order valence-corrected chi connectivity index (χ0v) is 21.9. The Morgan fingerprint density at radius 3 is 2.71 bits per heavy atom. The topological polar surface area (TPSA) is 114 Å². The van der Waals surface area contributed by atoms with Crippen LogP contribution in [0, 0.1) is 12.8 Å². The van der Waals surface area contributed by atoms with Gasteiger partial charge in [0, 0.05) is 37.8 Å². The van der Waals surface area contributed by atoms with Crippen LogP contribution in [0.1, 0.15) is 25.8 Å². The molecule has 1 atom stereocenters. The van der Waals surface area contributed by atoms with E-state index < -0.39 is 5.60 Å². The molecule has 2 aromatic carbocycles. The molecular formula is C28H30N8O2. The Hall–Kier alpha value is -4.31. The van der Waals surface area contributed by atoms with Gasteiger partial charge in [-0.25, -0.2) is 24.9 Å². The Labute approximate surface area is 220 Å². The molecule has 6 rings (SSSR count). The quantitative estimate of drug-likeness (QED) is 0.334. The number of aliphatic hydroxyl groups is 1. The number of nitrogens with one attached hydrogen (secondary N) is 1. The summed E-state index contributed by atoms with van der Waals surface area (Å²) in [4.78, 5) is 24.7. The highest BCUT2D eigenvalue weighted by Crippen LogP contribution is 2.32. The molecule has 3 aromatic heterocycles. The van der Waals surface area contributed by atoms with Gasteiger partial charge in [-0.05, 0) is 63.1 Å². The predicted molar refractivity (Wildman–Crippen MR) is 147 cm³/mol. The van der Waals surface area contributed by atoms with Gasteiger partial charge in [0.25, 0.3) is 0 Å². The van der Waals surface area contributed by atoms with Crippen LogP contribution >= 0.6 is 0 Å². The van der Waals surface area contributed by atoms with Crippen LogP contribution in [0.4, 0.5) is 17.5 Å². The van der Waals surface area contributed by atoms with E-state index >= 15 is 0 Å². The maximum Gasteiger partial charge on any atom is 0.226 e. The summed E-state index contributed by atoms with van der Waals surface area (Å²) >= 11 is 0. The molecule has 0 amide bonds. The molecular weight excluding hydrogens is 480 g/mol. The van der Waals surface area contributed by atoms with Crippen LogP contribution < -0.4 is 15.0 Å². The minimum absolute atomic E-state index is 0.168. The fraction of sp³-hybridized carbons (Fsp3) is 0.321. The number of aromatic nitrogens is 6. The number of benzene rings is 2. The third-order valence-electron chi connectivity index (χ3n) is 7.20. The molecule has 0 saturated carbocycles. The molecule has 38 heavy (non-hydrogen) atoms. The van der Waals surface area contributed by atoms with Gasteiger partial charge in [-0.2, -0.15) is 0 Å². The molecule has 0 spiro atoms. The molecule has 0 unspecified atom stereocenters. The van der Waals surface area contributed by atoms with Crippen molar-refractivity contribution in [3.05, 3.63) is 60.8 Å². The molecule has 4 heterocycles. The highest BCUT2D eigenvalue weighted by atomic mass is 16.5. The van der Waals surface area contributed by atoms with Crippen molar-refractivity contribution >= 4 is 39.5 Å². The van der Waals surface area contributed by atoms with Gasteiger partial charge >= 0.3 is 0 Å². The first-order valence-corrected chi connectivity index (χ1v) is 12.7. The van der Waals surface area contributed by atoms with Crippen molar-refractivity contribution in [3.8, 4) is 11.5 Å². The number of anilines is 3. The van der Waals surface area contributed by atoms with Gasteiger partial charge in [0.1, 0.15) is 28.9 Å². The lowest BCUT2D eigenvalue weighted by atomic mass is 9.91. The number of imidazole rings is 1. The van der Waals surface area contributed by atoms with E-state index in [2.05, 4.69) is 30.2 Å². The number of rotatable bonds is 6. The highest BCUT2D eigenvalue weighted by molar-refractivity contribution is 5.87. The summed E-state index contributed by atoms with van der Waals surface area (Å²) < 4.78 is 8.14. The summed E-state index contributed by atoms with van der Waals surface area (Å²) in [6, 6.07) is 11.8. The number of fused-ring (bicyclic) bond motifs is 2. The molecule has 1 fully saturated rings. The molecule has 1 aliphatic heterocycles. The van der Waals surface area contributed by atoms with Crippen LogP contribution in [0.2, 0.25) is 0 Å². The van der Waals surface area contributed by atoms with Crippen LogP contribution in [-0.4, -0.2) is 53.3 Å². The third kappa shape index (κ3) is 4.58. The van der Waals surface area contributed by atoms with E-state index in [-0.39, 0.29) is 5.92 Å². The summed E-state index contributed by atoms with van der Waals surface area (Å²) in [5.41, 5.74) is 4.34. The molecule has 5 aromatic rings. The van der Waals surface area contributed by atoms with Gasteiger partial charge in [0.2, 0.25) is 5.95 Å². The number of hydrogen-bond donors (Lipinski definition) is 2. The molecule has 0 aliphatic carbocycles. The van der Waals surface area contributed by atoms with Gasteiger partial charge < -0.3 is 24.6 Å². The maximum atomic E-state index is 10.4. The average Bonchev–Trinajstić information content (AvgIpc) is 3.53. The van der Waals surface area contributed by atoms with Crippen molar-refractivity contribution in [1.29, 1.82) is 0 Å². The summed E-state index contributed by atoms with van der Waals surface area (Å²) in [6.45, 7) is 7.22. The summed E-state index contributed by atoms with van der Waals surface area (Å²) in [5, 5.41) is 13.8. The van der Waals surface area contributed by atoms with Gasteiger partial charge in [0.05, 0.1) is 29.2 Å². The van der Waals surface area contributed by atoms with E-state index in [4.69, 9.17) is 9.72 Å². The monoisotopic (exact) mass is 510 g/mol. The fourth-order valence-corrected chi connectivity index (χ4v) is 4.89. The number of ether oxygens (including phenoxy) is 1. The Balaban J connectivity index is 1.23. The van der Waals surface area contributed by atoms with Crippen molar-refractivity contribution in [1.82, 2.24) is 29.5 Å². The molecule has 0 bridgehead atoms.